The van der Waals surface area contributed by atoms with Crippen LogP contribution in [-0.4, -0.2) is 19.8 Å². The number of benzene rings is 2. The molecular weight excluding hydrogens is 274 g/mol. The van der Waals surface area contributed by atoms with Crippen molar-refractivity contribution in [2.45, 2.75) is 32.9 Å². The smallest absolute Gasteiger partial charge is 0.119 e. The van der Waals surface area contributed by atoms with Crippen LogP contribution in [0.5, 0.6) is 11.5 Å². The van der Waals surface area contributed by atoms with Crippen LogP contribution < -0.4 is 14.8 Å². The molecule has 1 N–H and O–H groups in total. The van der Waals surface area contributed by atoms with Gasteiger partial charge in [0.1, 0.15) is 11.5 Å². The van der Waals surface area contributed by atoms with Gasteiger partial charge in [-0.3, -0.25) is 0 Å². The standard InChI is InChI=1S/C19H25NO2/c1-15(2)22-19-10-6-17(7-11-19)14-20-13-12-16-4-8-18(21-3)9-5-16/h4-11,15,20H,12-14H2,1-3H3. The first-order valence-electron chi connectivity index (χ1n) is 7.76. The van der Waals surface area contributed by atoms with Crippen molar-refractivity contribution < 1.29 is 9.47 Å². The molecule has 2 aromatic carbocycles. The third kappa shape index (κ3) is 5.41. The molecule has 0 spiro atoms. The van der Waals surface area contributed by atoms with Crippen LogP contribution in [0.4, 0.5) is 0 Å². The van der Waals surface area contributed by atoms with Gasteiger partial charge in [0.2, 0.25) is 0 Å². The highest BCUT2D eigenvalue weighted by Gasteiger charge is 1.99. The average molecular weight is 299 g/mol. The molecule has 0 aromatic heterocycles. The molecule has 3 nitrogen and oxygen atoms in total. The van der Waals surface area contributed by atoms with Crippen LogP contribution in [0, 0.1) is 0 Å². The number of hydrogen-bond acceptors (Lipinski definition) is 3. The van der Waals surface area contributed by atoms with Crippen molar-refractivity contribution in [1.29, 1.82) is 0 Å². The lowest BCUT2D eigenvalue weighted by atomic mass is 10.1. The van der Waals surface area contributed by atoms with E-state index in [4.69, 9.17) is 9.47 Å². The molecule has 0 aliphatic carbocycles. The highest BCUT2D eigenvalue weighted by atomic mass is 16.5. The fourth-order valence-corrected chi connectivity index (χ4v) is 2.22. The van der Waals surface area contributed by atoms with E-state index in [0.29, 0.717) is 0 Å². The lowest BCUT2D eigenvalue weighted by Gasteiger charge is -2.10. The van der Waals surface area contributed by atoms with Crippen molar-refractivity contribution in [1.82, 2.24) is 5.32 Å². The average Bonchev–Trinajstić information content (AvgIpc) is 2.53. The molecular formula is C19H25NO2. The summed E-state index contributed by atoms with van der Waals surface area (Å²) in [6.45, 7) is 5.90. The molecule has 0 aliphatic heterocycles. The maximum atomic E-state index is 5.64. The van der Waals surface area contributed by atoms with Crippen LogP contribution in [0.25, 0.3) is 0 Å². The summed E-state index contributed by atoms with van der Waals surface area (Å²) in [5.74, 6) is 1.83. The van der Waals surface area contributed by atoms with Crippen molar-refractivity contribution >= 4 is 0 Å². The van der Waals surface area contributed by atoms with Gasteiger partial charge >= 0.3 is 0 Å². The second-order valence-corrected chi connectivity index (χ2v) is 5.59. The number of methoxy groups -OCH3 is 1. The molecule has 0 bridgehead atoms. The second kappa shape index (κ2) is 8.44. The minimum Gasteiger partial charge on any atom is -0.497 e. The minimum atomic E-state index is 0.216. The molecule has 0 fully saturated rings. The highest BCUT2D eigenvalue weighted by Crippen LogP contribution is 2.14. The van der Waals surface area contributed by atoms with E-state index in [0.717, 1.165) is 31.0 Å². The summed E-state index contributed by atoms with van der Waals surface area (Å²) in [7, 11) is 1.69. The Labute approximate surface area is 133 Å². The van der Waals surface area contributed by atoms with Gasteiger partial charge in [0.05, 0.1) is 13.2 Å². The van der Waals surface area contributed by atoms with Gasteiger partial charge in [-0.25, -0.2) is 0 Å². The number of ether oxygens (including phenoxy) is 2. The Kier molecular flexibility index (Phi) is 6.28. The van der Waals surface area contributed by atoms with Gasteiger partial charge in [-0.15, -0.1) is 0 Å². The van der Waals surface area contributed by atoms with E-state index in [9.17, 15) is 0 Å². The number of hydrogen-bond donors (Lipinski definition) is 1. The Hall–Kier alpha value is -2.00. The molecule has 118 valence electrons. The van der Waals surface area contributed by atoms with E-state index < -0.39 is 0 Å². The minimum absolute atomic E-state index is 0.216. The van der Waals surface area contributed by atoms with E-state index in [1.165, 1.54) is 11.1 Å². The molecule has 3 heteroatoms. The molecule has 0 radical (unpaired) electrons. The lowest BCUT2D eigenvalue weighted by molar-refractivity contribution is 0.242. The van der Waals surface area contributed by atoms with E-state index in [-0.39, 0.29) is 6.10 Å². The summed E-state index contributed by atoms with van der Waals surface area (Å²) >= 11 is 0. The summed E-state index contributed by atoms with van der Waals surface area (Å²) in [4.78, 5) is 0. The van der Waals surface area contributed by atoms with Gasteiger partial charge in [0.25, 0.3) is 0 Å². The van der Waals surface area contributed by atoms with Gasteiger partial charge in [-0.2, -0.15) is 0 Å². The van der Waals surface area contributed by atoms with Crippen LogP contribution in [0.1, 0.15) is 25.0 Å². The maximum absolute atomic E-state index is 5.64. The Balaban J connectivity index is 1.71. The van der Waals surface area contributed by atoms with Gasteiger partial charge < -0.3 is 14.8 Å². The summed E-state index contributed by atoms with van der Waals surface area (Å²) in [5, 5.41) is 3.47. The van der Waals surface area contributed by atoms with Gasteiger partial charge in [-0.1, -0.05) is 24.3 Å². The van der Waals surface area contributed by atoms with Gasteiger partial charge in [-0.05, 0) is 62.2 Å². The molecule has 0 amide bonds. The van der Waals surface area contributed by atoms with Crippen molar-refractivity contribution in [3.63, 3.8) is 0 Å². The first-order valence-corrected chi connectivity index (χ1v) is 7.76. The molecule has 0 saturated heterocycles. The predicted octanol–water partition coefficient (Wildman–Crippen LogP) is 3.81. The topological polar surface area (TPSA) is 30.5 Å². The second-order valence-electron chi connectivity index (χ2n) is 5.59. The zero-order valence-corrected chi connectivity index (χ0v) is 13.6. The summed E-state index contributed by atoms with van der Waals surface area (Å²) in [6.07, 6.45) is 1.23. The number of rotatable bonds is 8. The lowest BCUT2D eigenvalue weighted by Crippen LogP contribution is -2.16. The predicted molar refractivity (Wildman–Crippen MR) is 90.6 cm³/mol. The largest absolute Gasteiger partial charge is 0.497 e. The SMILES string of the molecule is COc1ccc(CCNCc2ccc(OC(C)C)cc2)cc1. The molecule has 2 aromatic rings. The van der Waals surface area contributed by atoms with Gasteiger partial charge in [0, 0.05) is 6.54 Å². The third-order valence-electron chi connectivity index (χ3n) is 3.37. The molecule has 22 heavy (non-hydrogen) atoms. The zero-order chi connectivity index (χ0) is 15.8. The van der Waals surface area contributed by atoms with Crippen molar-refractivity contribution in [2.24, 2.45) is 0 Å². The fourth-order valence-electron chi connectivity index (χ4n) is 2.22. The molecule has 0 unspecified atom stereocenters. The Morgan fingerprint density at radius 3 is 2.05 bits per heavy atom. The van der Waals surface area contributed by atoms with E-state index in [1.54, 1.807) is 7.11 Å². The summed E-state index contributed by atoms with van der Waals surface area (Å²) in [5.41, 5.74) is 2.58. The molecule has 0 heterocycles. The Morgan fingerprint density at radius 2 is 1.45 bits per heavy atom. The summed E-state index contributed by atoms with van der Waals surface area (Å²) < 4.78 is 10.8. The molecule has 2 rings (SSSR count). The third-order valence-corrected chi connectivity index (χ3v) is 3.37. The first kappa shape index (κ1) is 16.4. The van der Waals surface area contributed by atoms with Crippen molar-refractivity contribution in [3.8, 4) is 11.5 Å². The fraction of sp³-hybridized carbons (Fsp3) is 0.368. The van der Waals surface area contributed by atoms with Crippen LogP contribution in [0.3, 0.4) is 0 Å². The van der Waals surface area contributed by atoms with Crippen LogP contribution in [-0.2, 0) is 13.0 Å². The van der Waals surface area contributed by atoms with Crippen LogP contribution >= 0.6 is 0 Å². The van der Waals surface area contributed by atoms with Crippen LogP contribution in [0.2, 0.25) is 0 Å². The summed E-state index contributed by atoms with van der Waals surface area (Å²) in [6, 6.07) is 16.5. The zero-order valence-electron chi connectivity index (χ0n) is 13.6. The molecule has 0 aliphatic rings. The molecule has 0 atom stereocenters. The monoisotopic (exact) mass is 299 g/mol. The maximum Gasteiger partial charge on any atom is 0.119 e. The van der Waals surface area contributed by atoms with Crippen molar-refractivity contribution in [2.75, 3.05) is 13.7 Å². The first-order chi connectivity index (χ1) is 10.7. The van der Waals surface area contributed by atoms with Crippen LogP contribution in [0.15, 0.2) is 48.5 Å². The van der Waals surface area contributed by atoms with Crippen molar-refractivity contribution in [3.05, 3.63) is 59.7 Å². The van der Waals surface area contributed by atoms with E-state index in [1.807, 2.05) is 38.1 Å². The quantitative estimate of drug-likeness (QED) is 0.752. The Morgan fingerprint density at radius 1 is 0.864 bits per heavy atom. The van der Waals surface area contributed by atoms with E-state index >= 15 is 0 Å². The van der Waals surface area contributed by atoms with E-state index in [2.05, 4.69) is 29.6 Å². The Bertz CT molecular complexity index is 547. The highest BCUT2D eigenvalue weighted by molar-refractivity contribution is 5.28. The number of nitrogens with one attached hydrogen (secondary N) is 1. The van der Waals surface area contributed by atoms with Gasteiger partial charge in [0.15, 0.2) is 0 Å². The normalized spacial score (nSPS) is 10.7. The molecule has 0 saturated carbocycles.